The quantitative estimate of drug-likeness (QED) is 0.863. The molecule has 0 saturated heterocycles. The van der Waals surface area contributed by atoms with Crippen molar-refractivity contribution in [1.29, 1.82) is 0 Å². The van der Waals surface area contributed by atoms with E-state index in [0.717, 1.165) is 35.4 Å². The number of aryl methyl sites for hydroxylation is 1. The average Bonchev–Trinajstić information content (AvgIpc) is 2.40. The van der Waals surface area contributed by atoms with Gasteiger partial charge in [0.2, 0.25) is 0 Å². The largest absolute Gasteiger partial charge is 0.314 e. The zero-order valence-electron chi connectivity index (χ0n) is 12.1. The molecule has 0 aliphatic carbocycles. The lowest BCUT2D eigenvalue weighted by Crippen LogP contribution is -2.31. The van der Waals surface area contributed by atoms with Crippen molar-refractivity contribution in [2.24, 2.45) is 0 Å². The predicted molar refractivity (Wildman–Crippen MR) is 80.4 cm³/mol. The Morgan fingerprint density at radius 2 is 1.79 bits per heavy atom. The van der Waals surface area contributed by atoms with Crippen molar-refractivity contribution >= 4 is 11.0 Å². The van der Waals surface area contributed by atoms with E-state index in [0.29, 0.717) is 6.04 Å². The van der Waals surface area contributed by atoms with Crippen LogP contribution in [0.15, 0.2) is 24.3 Å². The molecule has 0 saturated carbocycles. The van der Waals surface area contributed by atoms with Crippen molar-refractivity contribution < 1.29 is 0 Å². The zero-order valence-corrected chi connectivity index (χ0v) is 12.1. The Hall–Kier alpha value is -1.48. The van der Waals surface area contributed by atoms with Gasteiger partial charge in [0.25, 0.3) is 0 Å². The fourth-order valence-electron chi connectivity index (χ4n) is 2.46. The lowest BCUT2D eigenvalue weighted by molar-refractivity contribution is 0.480. The van der Waals surface area contributed by atoms with Gasteiger partial charge in [0.15, 0.2) is 0 Å². The van der Waals surface area contributed by atoms with Gasteiger partial charge in [0.1, 0.15) is 0 Å². The zero-order chi connectivity index (χ0) is 13.7. The SMILES string of the molecule is CCCC(Cc1nc2ccccc2nc1C)NCC. The molecule has 0 aliphatic rings. The van der Waals surface area contributed by atoms with Crippen molar-refractivity contribution in [1.82, 2.24) is 15.3 Å². The number of nitrogens with zero attached hydrogens (tertiary/aromatic N) is 2. The second kappa shape index (κ2) is 6.62. The molecule has 1 unspecified atom stereocenters. The van der Waals surface area contributed by atoms with Gasteiger partial charge in [-0.2, -0.15) is 0 Å². The number of hydrogen-bond acceptors (Lipinski definition) is 3. The average molecular weight is 257 g/mol. The van der Waals surface area contributed by atoms with Crippen LogP contribution in [0.2, 0.25) is 0 Å². The molecule has 1 heterocycles. The Kier molecular flexibility index (Phi) is 4.86. The summed E-state index contributed by atoms with van der Waals surface area (Å²) in [6.45, 7) is 7.44. The second-order valence-corrected chi connectivity index (χ2v) is 4.99. The summed E-state index contributed by atoms with van der Waals surface area (Å²) in [5, 5.41) is 3.54. The Bertz CT molecular complexity index is 531. The van der Waals surface area contributed by atoms with Crippen molar-refractivity contribution in [2.45, 2.75) is 46.1 Å². The first-order valence-electron chi connectivity index (χ1n) is 7.20. The number of para-hydroxylation sites is 2. The number of hydrogen-bond donors (Lipinski definition) is 1. The standard InChI is InChI=1S/C16H23N3/c1-4-8-13(17-5-2)11-16-12(3)18-14-9-6-7-10-15(14)19-16/h6-7,9-10,13,17H,4-5,8,11H2,1-3H3. The van der Waals surface area contributed by atoms with Crippen LogP contribution in [0.4, 0.5) is 0 Å². The van der Waals surface area contributed by atoms with Gasteiger partial charge in [0, 0.05) is 12.5 Å². The summed E-state index contributed by atoms with van der Waals surface area (Å²) < 4.78 is 0. The first kappa shape index (κ1) is 13.9. The molecular formula is C16H23N3. The monoisotopic (exact) mass is 257 g/mol. The third-order valence-electron chi connectivity index (χ3n) is 3.41. The minimum Gasteiger partial charge on any atom is -0.314 e. The van der Waals surface area contributed by atoms with E-state index in [1.807, 2.05) is 24.3 Å². The van der Waals surface area contributed by atoms with E-state index >= 15 is 0 Å². The minimum absolute atomic E-state index is 0.504. The molecule has 3 nitrogen and oxygen atoms in total. The highest BCUT2D eigenvalue weighted by Gasteiger charge is 2.12. The summed E-state index contributed by atoms with van der Waals surface area (Å²) >= 11 is 0. The van der Waals surface area contributed by atoms with Crippen LogP contribution in [-0.2, 0) is 6.42 Å². The van der Waals surface area contributed by atoms with E-state index in [4.69, 9.17) is 4.98 Å². The normalized spacial score (nSPS) is 12.8. The van der Waals surface area contributed by atoms with E-state index in [9.17, 15) is 0 Å². The van der Waals surface area contributed by atoms with Gasteiger partial charge in [-0.25, -0.2) is 9.97 Å². The van der Waals surface area contributed by atoms with E-state index < -0.39 is 0 Å². The number of aromatic nitrogens is 2. The minimum atomic E-state index is 0.504. The molecule has 1 N–H and O–H groups in total. The molecule has 1 aromatic carbocycles. The number of benzene rings is 1. The predicted octanol–water partition coefficient (Wildman–Crippen LogP) is 3.26. The Morgan fingerprint density at radius 1 is 1.11 bits per heavy atom. The summed E-state index contributed by atoms with van der Waals surface area (Å²) in [5.41, 5.74) is 4.16. The summed E-state index contributed by atoms with van der Waals surface area (Å²) in [6.07, 6.45) is 3.34. The molecule has 0 amide bonds. The van der Waals surface area contributed by atoms with Crippen LogP contribution >= 0.6 is 0 Å². The third kappa shape index (κ3) is 3.51. The maximum Gasteiger partial charge on any atom is 0.0890 e. The summed E-state index contributed by atoms with van der Waals surface area (Å²) in [4.78, 5) is 9.44. The van der Waals surface area contributed by atoms with Gasteiger partial charge in [-0.3, -0.25) is 0 Å². The van der Waals surface area contributed by atoms with Crippen molar-refractivity contribution in [3.63, 3.8) is 0 Å². The second-order valence-electron chi connectivity index (χ2n) is 4.99. The molecule has 0 spiro atoms. The van der Waals surface area contributed by atoms with Crippen molar-refractivity contribution in [3.8, 4) is 0 Å². The maximum absolute atomic E-state index is 4.78. The molecule has 19 heavy (non-hydrogen) atoms. The molecular weight excluding hydrogens is 234 g/mol. The fourth-order valence-corrected chi connectivity index (χ4v) is 2.46. The van der Waals surface area contributed by atoms with E-state index in [-0.39, 0.29) is 0 Å². The Labute approximate surface area is 115 Å². The molecule has 2 rings (SSSR count). The van der Waals surface area contributed by atoms with Crippen LogP contribution in [0.25, 0.3) is 11.0 Å². The van der Waals surface area contributed by atoms with Crippen LogP contribution in [0.1, 0.15) is 38.1 Å². The van der Waals surface area contributed by atoms with Gasteiger partial charge in [-0.05, 0) is 32.0 Å². The topological polar surface area (TPSA) is 37.8 Å². The highest BCUT2D eigenvalue weighted by atomic mass is 14.9. The van der Waals surface area contributed by atoms with Crippen LogP contribution < -0.4 is 5.32 Å². The Morgan fingerprint density at radius 3 is 2.42 bits per heavy atom. The van der Waals surface area contributed by atoms with Gasteiger partial charge < -0.3 is 5.32 Å². The number of rotatable bonds is 6. The summed E-state index contributed by atoms with van der Waals surface area (Å²) in [6, 6.07) is 8.59. The van der Waals surface area contributed by atoms with E-state index in [1.165, 1.54) is 12.8 Å². The molecule has 1 atom stereocenters. The third-order valence-corrected chi connectivity index (χ3v) is 3.41. The van der Waals surface area contributed by atoms with Crippen molar-refractivity contribution in [2.75, 3.05) is 6.54 Å². The highest BCUT2D eigenvalue weighted by Crippen LogP contribution is 2.14. The summed E-state index contributed by atoms with van der Waals surface area (Å²) in [7, 11) is 0. The first-order valence-corrected chi connectivity index (χ1v) is 7.20. The van der Waals surface area contributed by atoms with Crippen LogP contribution in [0, 0.1) is 6.92 Å². The molecule has 0 radical (unpaired) electrons. The van der Waals surface area contributed by atoms with Crippen LogP contribution in [-0.4, -0.2) is 22.6 Å². The highest BCUT2D eigenvalue weighted by molar-refractivity contribution is 5.74. The van der Waals surface area contributed by atoms with Gasteiger partial charge in [-0.15, -0.1) is 0 Å². The van der Waals surface area contributed by atoms with E-state index in [1.54, 1.807) is 0 Å². The fraction of sp³-hybridized carbons (Fsp3) is 0.500. The molecule has 2 aromatic rings. The molecule has 102 valence electrons. The van der Waals surface area contributed by atoms with Gasteiger partial charge in [-0.1, -0.05) is 32.4 Å². The van der Waals surface area contributed by atoms with Crippen LogP contribution in [0.5, 0.6) is 0 Å². The van der Waals surface area contributed by atoms with E-state index in [2.05, 4.69) is 31.1 Å². The lowest BCUT2D eigenvalue weighted by Gasteiger charge is -2.17. The number of fused-ring (bicyclic) bond motifs is 1. The molecule has 3 heteroatoms. The van der Waals surface area contributed by atoms with Gasteiger partial charge >= 0.3 is 0 Å². The van der Waals surface area contributed by atoms with Crippen LogP contribution in [0.3, 0.4) is 0 Å². The summed E-state index contributed by atoms with van der Waals surface area (Å²) in [5.74, 6) is 0. The molecule has 0 fully saturated rings. The Balaban J connectivity index is 2.25. The van der Waals surface area contributed by atoms with Gasteiger partial charge in [0.05, 0.1) is 22.4 Å². The molecule has 1 aromatic heterocycles. The molecule has 0 aliphatic heterocycles. The number of likely N-dealkylation sites (N-methyl/N-ethyl adjacent to an activating group) is 1. The smallest absolute Gasteiger partial charge is 0.0890 e. The van der Waals surface area contributed by atoms with Crippen molar-refractivity contribution in [3.05, 3.63) is 35.7 Å². The first-order chi connectivity index (χ1) is 9.24. The lowest BCUT2D eigenvalue weighted by atomic mass is 10.0. The number of nitrogens with one attached hydrogen (secondary N) is 1. The molecule has 0 bridgehead atoms. The maximum atomic E-state index is 4.78.